The van der Waals surface area contributed by atoms with Gasteiger partial charge in [0.2, 0.25) is 0 Å². The molecule has 2 unspecified atom stereocenters. The summed E-state index contributed by atoms with van der Waals surface area (Å²) >= 11 is 0. The zero-order valence-electron chi connectivity index (χ0n) is 12.6. The maximum absolute atomic E-state index is 12.3. The quantitative estimate of drug-likeness (QED) is 0.863. The Morgan fingerprint density at radius 1 is 1.25 bits per heavy atom. The van der Waals surface area contributed by atoms with Gasteiger partial charge in [0.1, 0.15) is 5.54 Å². The second-order valence-electron chi connectivity index (χ2n) is 5.73. The number of esters is 1. The Balaban J connectivity index is 2.27. The largest absolute Gasteiger partial charge is 0.467 e. The van der Waals surface area contributed by atoms with E-state index in [1.165, 1.54) is 12.7 Å². The van der Waals surface area contributed by atoms with Gasteiger partial charge in [-0.3, -0.25) is 0 Å². The third-order valence-electron chi connectivity index (χ3n) is 3.75. The van der Waals surface area contributed by atoms with Gasteiger partial charge in [0.25, 0.3) is 0 Å². The number of benzene rings is 1. The third-order valence-corrected chi connectivity index (χ3v) is 3.75. The fourth-order valence-corrected chi connectivity index (χ4v) is 2.99. The van der Waals surface area contributed by atoms with Crippen molar-refractivity contribution >= 4 is 11.7 Å². The minimum atomic E-state index is -0.707. The van der Waals surface area contributed by atoms with Crippen LogP contribution in [0.25, 0.3) is 0 Å². The molecule has 1 aromatic carbocycles. The summed E-state index contributed by atoms with van der Waals surface area (Å²) in [6.45, 7) is 6.02. The fraction of sp³-hybridized carbons (Fsp3) is 0.562. The molecule has 1 aliphatic heterocycles. The molecule has 0 amide bonds. The smallest absolute Gasteiger partial charge is 0.331 e. The first-order valence-corrected chi connectivity index (χ1v) is 7.04. The summed E-state index contributed by atoms with van der Waals surface area (Å²) in [4.78, 5) is 12.3. The first-order valence-electron chi connectivity index (χ1n) is 7.04. The predicted molar refractivity (Wildman–Crippen MR) is 78.8 cm³/mol. The molecule has 0 radical (unpaired) electrons. The first-order chi connectivity index (χ1) is 9.45. The Morgan fingerprint density at radius 2 is 1.80 bits per heavy atom. The number of rotatable bonds is 3. The van der Waals surface area contributed by atoms with Crippen molar-refractivity contribution in [2.24, 2.45) is 0 Å². The molecule has 1 heterocycles. The van der Waals surface area contributed by atoms with Crippen LogP contribution in [-0.4, -0.2) is 30.8 Å². The van der Waals surface area contributed by atoms with Gasteiger partial charge < -0.3 is 14.8 Å². The van der Waals surface area contributed by atoms with Gasteiger partial charge in [0, 0.05) is 18.5 Å². The standard InChI is InChI=1S/C16H23NO3/c1-11-5-7-14(8-6-11)17-16(15(18)19-4)9-12(2)20-13(3)10-16/h5-8,12-13,17H,9-10H2,1-4H3. The number of hydrogen-bond acceptors (Lipinski definition) is 4. The lowest BCUT2D eigenvalue weighted by molar-refractivity contribution is -0.154. The predicted octanol–water partition coefficient (Wildman–Crippen LogP) is 2.91. The van der Waals surface area contributed by atoms with Crippen molar-refractivity contribution in [3.63, 3.8) is 0 Å². The van der Waals surface area contributed by atoms with Crippen LogP contribution < -0.4 is 5.32 Å². The first kappa shape index (κ1) is 14.9. The number of ether oxygens (including phenoxy) is 2. The van der Waals surface area contributed by atoms with Gasteiger partial charge in [-0.2, -0.15) is 0 Å². The minimum absolute atomic E-state index is 0.0239. The van der Waals surface area contributed by atoms with E-state index in [0.717, 1.165) is 5.69 Å². The van der Waals surface area contributed by atoms with Crippen molar-refractivity contribution in [2.75, 3.05) is 12.4 Å². The van der Waals surface area contributed by atoms with E-state index in [1.54, 1.807) is 0 Å². The minimum Gasteiger partial charge on any atom is -0.467 e. The number of carbonyl (C=O) groups excluding carboxylic acids is 1. The normalized spacial score (nSPS) is 29.8. The molecule has 1 saturated heterocycles. The third kappa shape index (κ3) is 3.12. The lowest BCUT2D eigenvalue weighted by Gasteiger charge is -2.41. The van der Waals surface area contributed by atoms with E-state index < -0.39 is 5.54 Å². The molecule has 0 aliphatic carbocycles. The van der Waals surface area contributed by atoms with E-state index in [0.29, 0.717) is 12.8 Å². The van der Waals surface area contributed by atoms with Gasteiger partial charge in [0.15, 0.2) is 0 Å². The van der Waals surface area contributed by atoms with Crippen molar-refractivity contribution in [1.29, 1.82) is 0 Å². The van der Waals surface area contributed by atoms with Crippen molar-refractivity contribution < 1.29 is 14.3 Å². The zero-order chi connectivity index (χ0) is 14.8. The maximum atomic E-state index is 12.3. The van der Waals surface area contributed by atoms with Gasteiger partial charge in [-0.05, 0) is 32.9 Å². The van der Waals surface area contributed by atoms with Crippen LogP contribution in [0.3, 0.4) is 0 Å². The number of methoxy groups -OCH3 is 1. The molecule has 0 spiro atoms. The van der Waals surface area contributed by atoms with Crippen LogP contribution in [0, 0.1) is 6.92 Å². The average Bonchev–Trinajstić information content (AvgIpc) is 2.39. The van der Waals surface area contributed by atoms with Crippen LogP contribution in [0.2, 0.25) is 0 Å². The summed E-state index contributed by atoms with van der Waals surface area (Å²) in [5.74, 6) is -0.222. The van der Waals surface area contributed by atoms with E-state index >= 15 is 0 Å². The molecule has 1 N–H and O–H groups in total. The van der Waals surface area contributed by atoms with Crippen LogP contribution in [0.1, 0.15) is 32.3 Å². The summed E-state index contributed by atoms with van der Waals surface area (Å²) in [5.41, 5.74) is 1.42. The Bertz CT molecular complexity index is 459. The van der Waals surface area contributed by atoms with E-state index in [-0.39, 0.29) is 18.2 Å². The summed E-state index contributed by atoms with van der Waals surface area (Å²) in [6, 6.07) is 8.04. The molecule has 4 heteroatoms. The fourth-order valence-electron chi connectivity index (χ4n) is 2.99. The number of aryl methyl sites for hydroxylation is 1. The molecule has 0 aromatic heterocycles. The van der Waals surface area contributed by atoms with E-state index in [9.17, 15) is 4.79 Å². The summed E-state index contributed by atoms with van der Waals surface area (Å²) in [7, 11) is 1.44. The highest BCUT2D eigenvalue weighted by Crippen LogP contribution is 2.33. The Hall–Kier alpha value is -1.55. The van der Waals surface area contributed by atoms with Crippen molar-refractivity contribution in [3.8, 4) is 0 Å². The molecular formula is C16H23NO3. The number of hydrogen-bond donors (Lipinski definition) is 1. The zero-order valence-corrected chi connectivity index (χ0v) is 12.6. The summed E-state index contributed by atoms with van der Waals surface area (Å²) in [5, 5.41) is 3.38. The molecule has 1 aromatic rings. The molecule has 1 aliphatic rings. The second-order valence-corrected chi connectivity index (χ2v) is 5.73. The Kier molecular flexibility index (Phi) is 4.33. The highest BCUT2D eigenvalue weighted by Gasteiger charge is 2.45. The monoisotopic (exact) mass is 277 g/mol. The number of anilines is 1. The molecular weight excluding hydrogens is 254 g/mol. The highest BCUT2D eigenvalue weighted by molar-refractivity contribution is 5.84. The van der Waals surface area contributed by atoms with Gasteiger partial charge in [-0.1, -0.05) is 17.7 Å². The number of nitrogens with one attached hydrogen (secondary N) is 1. The van der Waals surface area contributed by atoms with E-state index in [1.807, 2.05) is 45.0 Å². The molecule has 0 bridgehead atoms. The molecule has 2 atom stereocenters. The maximum Gasteiger partial charge on any atom is 0.331 e. The van der Waals surface area contributed by atoms with Crippen LogP contribution >= 0.6 is 0 Å². The van der Waals surface area contributed by atoms with Crippen molar-refractivity contribution in [2.45, 2.75) is 51.4 Å². The Morgan fingerprint density at radius 3 is 2.30 bits per heavy atom. The van der Waals surface area contributed by atoms with E-state index in [4.69, 9.17) is 9.47 Å². The lowest BCUT2D eigenvalue weighted by atomic mass is 9.83. The Labute approximate surface area is 120 Å². The van der Waals surface area contributed by atoms with Crippen LogP contribution in [-0.2, 0) is 14.3 Å². The van der Waals surface area contributed by atoms with Gasteiger partial charge in [0.05, 0.1) is 19.3 Å². The summed E-state index contributed by atoms with van der Waals surface area (Å²) in [6.07, 6.45) is 1.27. The van der Waals surface area contributed by atoms with Crippen LogP contribution in [0.15, 0.2) is 24.3 Å². The van der Waals surface area contributed by atoms with Gasteiger partial charge in [-0.25, -0.2) is 4.79 Å². The molecule has 0 saturated carbocycles. The SMILES string of the molecule is COC(=O)C1(Nc2ccc(C)cc2)CC(C)OC(C)C1. The van der Waals surface area contributed by atoms with Gasteiger partial charge in [-0.15, -0.1) is 0 Å². The van der Waals surface area contributed by atoms with Crippen LogP contribution in [0.5, 0.6) is 0 Å². The van der Waals surface area contributed by atoms with Crippen molar-refractivity contribution in [1.82, 2.24) is 0 Å². The lowest BCUT2D eigenvalue weighted by Crippen LogP contribution is -2.55. The second kappa shape index (κ2) is 5.83. The number of carbonyl (C=O) groups is 1. The average molecular weight is 277 g/mol. The van der Waals surface area contributed by atoms with Crippen LogP contribution in [0.4, 0.5) is 5.69 Å². The van der Waals surface area contributed by atoms with Gasteiger partial charge >= 0.3 is 5.97 Å². The molecule has 1 fully saturated rings. The molecule has 4 nitrogen and oxygen atoms in total. The van der Waals surface area contributed by atoms with E-state index in [2.05, 4.69) is 5.32 Å². The summed E-state index contributed by atoms with van der Waals surface area (Å²) < 4.78 is 10.8. The molecule has 20 heavy (non-hydrogen) atoms. The van der Waals surface area contributed by atoms with Crippen molar-refractivity contribution in [3.05, 3.63) is 29.8 Å². The molecule has 110 valence electrons. The molecule has 2 rings (SSSR count). The topological polar surface area (TPSA) is 47.6 Å². The highest BCUT2D eigenvalue weighted by atomic mass is 16.5.